The van der Waals surface area contributed by atoms with Crippen LogP contribution in [0.3, 0.4) is 0 Å². The van der Waals surface area contributed by atoms with E-state index in [2.05, 4.69) is 5.32 Å². The number of hydrogen-bond donors (Lipinski definition) is 2. The minimum absolute atomic E-state index is 0.134. The average molecular weight is 157 g/mol. The number of carbonyl (C=O) groups is 2. The SMILES string of the molecule is CC(=O)N[C@@H]1CC[C@H]1C(=O)O. The highest BCUT2D eigenvalue weighted by Crippen LogP contribution is 2.27. The van der Waals surface area contributed by atoms with Crippen molar-refractivity contribution in [3.63, 3.8) is 0 Å². The number of carboxylic acids is 1. The predicted molar refractivity (Wildman–Crippen MR) is 38.0 cm³/mol. The van der Waals surface area contributed by atoms with Gasteiger partial charge < -0.3 is 10.4 Å². The highest BCUT2D eigenvalue weighted by atomic mass is 16.4. The van der Waals surface area contributed by atoms with Gasteiger partial charge in [-0.25, -0.2) is 0 Å². The van der Waals surface area contributed by atoms with Crippen LogP contribution in [0.4, 0.5) is 0 Å². The first-order valence-electron chi connectivity index (χ1n) is 3.61. The van der Waals surface area contributed by atoms with Gasteiger partial charge in [0, 0.05) is 13.0 Å². The van der Waals surface area contributed by atoms with Gasteiger partial charge in [-0.05, 0) is 12.8 Å². The van der Waals surface area contributed by atoms with Crippen LogP contribution in [0.15, 0.2) is 0 Å². The summed E-state index contributed by atoms with van der Waals surface area (Å²) < 4.78 is 0. The smallest absolute Gasteiger partial charge is 0.308 e. The van der Waals surface area contributed by atoms with E-state index >= 15 is 0 Å². The fourth-order valence-corrected chi connectivity index (χ4v) is 1.23. The van der Waals surface area contributed by atoms with Gasteiger partial charge in [-0.15, -0.1) is 0 Å². The summed E-state index contributed by atoms with van der Waals surface area (Å²) in [7, 11) is 0. The van der Waals surface area contributed by atoms with Gasteiger partial charge in [0.2, 0.25) is 5.91 Å². The van der Waals surface area contributed by atoms with E-state index in [0.717, 1.165) is 6.42 Å². The number of rotatable bonds is 2. The third-order valence-electron chi connectivity index (χ3n) is 1.98. The molecule has 62 valence electrons. The molecular weight excluding hydrogens is 146 g/mol. The molecule has 1 saturated carbocycles. The second-order valence-electron chi connectivity index (χ2n) is 2.83. The van der Waals surface area contributed by atoms with Crippen LogP contribution in [0.25, 0.3) is 0 Å². The quantitative estimate of drug-likeness (QED) is 0.592. The molecule has 0 spiro atoms. The Hall–Kier alpha value is -1.06. The van der Waals surface area contributed by atoms with Crippen molar-refractivity contribution in [1.82, 2.24) is 5.32 Å². The van der Waals surface area contributed by atoms with Gasteiger partial charge in [0.05, 0.1) is 5.92 Å². The molecule has 0 aromatic carbocycles. The van der Waals surface area contributed by atoms with Crippen LogP contribution in [0.1, 0.15) is 19.8 Å². The molecule has 0 aliphatic heterocycles. The fraction of sp³-hybridized carbons (Fsp3) is 0.714. The van der Waals surface area contributed by atoms with E-state index in [1.807, 2.05) is 0 Å². The summed E-state index contributed by atoms with van der Waals surface area (Å²) >= 11 is 0. The second kappa shape index (κ2) is 2.90. The summed E-state index contributed by atoms with van der Waals surface area (Å²) in [6, 6.07) is -0.134. The molecule has 2 N–H and O–H groups in total. The fourth-order valence-electron chi connectivity index (χ4n) is 1.23. The lowest BCUT2D eigenvalue weighted by Gasteiger charge is -2.33. The third kappa shape index (κ3) is 1.69. The van der Waals surface area contributed by atoms with E-state index in [9.17, 15) is 9.59 Å². The standard InChI is InChI=1S/C7H11NO3/c1-4(9)8-6-3-2-5(6)7(10)11/h5-6H,2-3H2,1H3,(H,8,9)(H,10,11)/t5-,6-/m1/s1. The van der Waals surface area contributed by atoms with E-state index in [1.54, 1.807) is 0 Å². The molecule has 1 fully saturated rings. The van der Waals surface area contributed by atoms with Gasteiger partial charge >= 0.3 is 5.97 Å². The van der Waals surface area contributed by atoms with Crippen LogP contribution in [-0.4, -0.2) is 23.0 Å². The van der Waals surface area contributed by atoms with Crippen LogP contribution in [0.5, 0.6) is 0 Å². The molecule has 0 heterocycles. The van der Waals surface area contributed by atoms with Crippen molar-refractivity contribution in [3.05, 3.63) is 0 Å². The Morgan fingerprint density at radius 1 is 1.45 bits per heavy atom. The monoisotopic (exact) mass is 157 g/mol. The van der Waals surface area contributed by atoms with Crippen molar-refractivity contribution in [2.45, 2.75) is 25.8 Å². The molecule has 4 heteroatoms. The van der Waals surface area contributed by atoms with E-state index < -0.39 is 5.97 Å². The summed E-state index contributed by atoms with van der Waals surface area (Å²) in [5.41, 5.74) is 0. The Morgan fingerprint density at radius 3 is 2.36 bits per heavy atom. The summed E-state index contributed by atoms with van der Waals surface area (Å²) in [5.74, 6) is -1.32. The average Bonchev–Trinajstić information content (AvgIpc) is 1.78. The molecule has 0 aromatic rings. The van der Waals surface area contributed by atoms with E-state index in [4.69, 9.17) is 5.11 Å². The topological polar surface area (TPSA) is 66.4 Å². The molecule has 0 radical (unpaired) electrons. The van der Waals surface area contributed by atoms with Crippen LogP contribution >= 0.6 is 0 Å². The molecular formula is C7H11NO3. The van der Waals surface area contributed by atoms with Crippen LogP contribution in [-0.2, 0) is 9.59 Å². The van der Waals surface area contributed by atoms with E-state index in [1.165, 1.54) is 6.92 Å². The molecule has 1 aliphatic carbocycles. The zero-order valence-electron chi connectivity index (χ0n) is 6.33. The minimum Gasteiger partial charge on any atom is -0.481 e. The van der Waals surface area contributed by atoms with Crippen LogP contribution in [0, 0.1) is 5.92 Å². The zero-order chi connectivity index (χ0) is 8.43. The number of amides is 1. The molecule has 4 nitrogen and oxygen atoms in total. The summed E-state index contributed by atoms with van der Waals surface area (Å²) in [4.78, 5) is 20.9. The predicted octanol–water partition coefficient (Wildman–Crippen LogP) is -0.0143. The third-order valence-corrected chi connectivity index (χ3v) is 1.98. The maximum Gasteiger partial charge on any atom is 0.308 e. The number of carboxylic acid groups (broad SMARTS) is 1. The lowest BCUT2D eigenvalue weighted by molar-refractivity contribution is -0.146. The molecule has 2 atom stereocenters. The van der Waals surface area contributed by atoms with Crippen molar-refractivity contribution < 1.29 is 14.7 Å². The van der Waals surface area contributed by atoms with Gasteiger partial charge in [-0.1, -0.05) is 0 Å². The zero-order valence-corrected chi connectivity index (χ0v) is 6.33. The van der Waals surface area contributed by atoms with E-state index in [0.29, 0.717) is 6.42 Å². The number of aliphatic carboxylic acids is 1. The largest absolute Gasteiger partial charge is 0.481 e. The van der Waals surface area contributed by atoms with Crippen molar-refractivity contribution in [2.24, 2.45) is 5.92 Å². The van der Waals surface area contributed by atoms with Gasteiger partial charge in [0.25, 0.3) is 0 Å². The Labute approximate surface area is 64.6 Å². The Morgan fingerprint density at radius 2 is 2.09 bits per heavy atom. The van der Waals surface area contributed by atoms with Gasteiger partial charge in [-0.2, -0.15) is 0 Å². The highest BCUT2D eigenvalue weighted by molar-refractivity contribution is 5.77. The normalized spacial score (nSPS) is 28.8. The molecule has 0 bridgehead atoms. The summed E-state index contributed by atoms with van der Waals surface area (Å²) in [6.07, 6.45) is 1.47. The Kier molecular flexibility index (Phi) is 2.12. The van der Waals surface area contributed by atoms with Crippen LogP contribution < -0.4 is 5.32 Å². The molecule has 1 rings (SSSR count). The highest BCUT2D eigenvalue weighted by Gasteiger charge is 2.36. The van der Waals surface area contributed by atoms with Gasteiger partial charge in [0.15, 0.2) is 0 Å². The summed E-state index contributed by atoms with van der Waals surface area (Å²) in [5, 5.41) is 11.2. The van der Waals surface area contributed by atoms with E-state index in [-0.39, 0.29) is 17.9 Å². The maximum atomic E-state index is 10.5. The minimum atomic E-state index is -0.810. The molecule has 0 unspecified atom stereocenters. The lowest BCUT2D eigenvalue weighted by Crippen LogP contribution is -2.49. The van der Waals surface area contributed by atoms with Crippen molar-refractivity contribution >= 4 is 11.9 Å². The summed E-state index contributed by atoms with van der Waals surface area (Å²) in [6.45, 7) is 1.40. The first-order chi connectivity index (χ1) is 5.11. The maximum absolute atomic E-state index is 10.5. The van der Waals surface area contributed by atoms with Crippen molar-refractivity contribution in [2.75, 3.05) is 0 Å². The number of nitrogens with one attached hydrogen (secondary N) is 1. The van der Waals surface area contributed by atoms with Crippen molar-refractivity contribution in [3.8, 4) is 0 Å². The number of hydrogen-bond acceptors (Lipinski definition) is 2. The van der Waals surface area contributed by atoms with Gasteiger partial charge in [0.1, 0.15) is 0 Å². The molecule has 1 aliphatic rings. The number of carbonyl (C=O) groups excluding carboxylic acids is 1. The Bertz CT molecular complexity index is 190. The lowest BCUT2D eigenvalue weighted by atomic mass is 9.79. The van der Waals surface area contributed by atoms with Crippen LogP contribution in [0.2, 0.25) is 0 Å². The first kappa shape index (κ1) is 8.04. The van der Waals surface area contributed by atoms with Gasteiger partial charge in [-0.3, -0.25) is 9.59 Å². The molecule has 1 amide bonds. The van der Waals surface area contributed by atoms with Crippen molar-refractivity contribution in [1.29, 1.82) is 0 Å². The Balaban J connectivity index is 2.37. The molecule has 11 heavy (non-hydrogen) atoms. The first-order valence-corrected chi connectivity index (χ1v) is 3.61. The second-order valence-corrected chi connectivity index (χ2v) is 2.83. The molecule has 0 saturated heterocycles. The molecule has 0 aromatic heterocycles.